The maximum absolute atomic E-state index is 11.3. The summed E-state index contributed by atoms with van der Waals surface area (Å²) in [5, 5.41) is 18.8. The van der Waals surface area contributed by atoms with Crippen molar-refractivity contribution in [2.24, 2.45) is 11.7 Å². The fraction of sp³-hybridized carbons (Fsp3) is 0.333. The third kappa shape index (κ3) is 5.79. The van der Waals surface area contributed by atoms with Crippen LogP contribution in [0.2, 0.25) is 5.02 Å². The molecule has 0 atom stereocenters. The van der Waals surface area contributed by atoms with Crippen molar-refractivity contribution in [3.63, 3.8) is 0 Å². The summed E-state index contributed by atoms with van der Waals surface area (Å²) in [6.45, 7) is 4.88. The number of rotatable bonds is 7. The van der Waals surface area contributed by atoms with Crippen LogP contribution in [0.5, 0.6) is 11.5 Å². The van der Waals surface area contributed by atoms with Crippen LogP contribution in [0.25, 0.3) is 22.4 Å². The van der Waals surface area contributed by atoms with Crippen LogP contribution in [-0.4, -0.2) is 52.4 Å². The topological polar surface area (TPSA) is 104 Å². The van der Waals surface area contributed by atoms with Crippen LogP contribution in [0.1, 0.15) is 18.5 Å². The van der Waals surface area contributed by atoms with E-state index >= 15 is 0 Å². The second-order valence-electron chi connectivity index (χ2n) is 8.12. The Hall–Kier alpha value is -2.74. The summed E-state index contributed by atoms with van der Waals surface area (Å²) in [4.78, 5) is 13.5. The molecular weight excluding hydrogens is 463 g/mol. The number of amides is 1. The lowest BCUT2D eigenvalue weighted by molar-refractivity contribution is -0.123. The minimum atomic E-state index is -0.206. The highest BCUT2D eigenvalue weighted by atomic mass is 35.5. The first-order valence-corrected chi connectivity index (χ1v) is 11.1. The van der Waals surface area contributed by atoms with Gasteiger partial charge in [-0.1, -0.05) is 23.7 Å². The fourth-order valence-electron chi connectivity index (χ4n) is 4.13. The van der Waals surface area contributed by atoms with E-state index in [9.17, 15) is 9.90 Å². The molecule has 4 N–H and O–H groups in total. The smallest absolute Gasteiger partial charge is 0.220 e. The number of ether oxygens (including phenoxy) is 1. The number of phenolic OH excluding ortho intramolecular Hbond substituents is 1. The molecule has 0 saturated carbocycles. The Morgan fingerprint density at radius 3 is 2.58 bits per heavy atom. The minimum Gasteiger partial charge on any atom is -0.507 e. The highest BCUT2D eigenvalue weighted by molar-refractivity contribution is 6.30. The molecule has 3 aromatic rings. The van der Waals surface area contributed by atoms with Crippen molar-refractivity contribution in [1.82, 2.24) is 15.1 Å². The maximum Gasteiger partial charge on any atom is 0.220 e. The van der Waals surface area contributed by atoms with Gasteiger partial charge in [-0.15, -0.1) is 12.4 Å². The molecule has 4 rings (SSSR count). The molecule has 1 aliphatic rings. The van der Waals surface area contributed by atoms with Crippen molar-refractivity contribution in [2.45, 2.75) is 19.8 Å². The molecule has 176 valence electrons. The van der Waals surface area contributed by atoms with Gasteiger partial charge in [0.2, 0.25) is 5.91 Å². The Kier molecular flexibility index (Phi) is 8.24. The molecule has 7 nitrogen and oxygen atoms in total. The van der Waals surface area contributed by atoms with Crippen LogP contribution in [0, 0.1) is 12.8 Å². The lowest BCUT2D eigenvalue weighted by Crippen LogP contribution is -2.40. The molecule has 0 radical (unpaired) electrons. The zero-order chi connectivity index (χ0) is 22.7. The van der Waals surface area contributed by atoms with Crippen LogP contribution in [0.15, 0.2) is 42.5 Å². The van der Waals surface area contributed by atoms with Crippen molar-refractivity contribution in [2.75, 3.05) is 26.2 Å². The predicted molar refractivity (Wildman–Crippen MR) is 132 cm³/mol. The average Bonchev–Trinajstić information content (AvgIpc) is 3.16. The van der Waals surface area contributed by atoms with Gasteiger partial charge in [0.25, 0.3) is 0 Å². The van der Waals surface area contributed by atoms with E-state index in [0.29, 0.717) is 28.6 Å². The lowest BCUT2D eigenvalue weighted by atomic mass is 9.96. The van der Waals surface area contributed by atoms with E-state index in [2.05, 4.69) is 15.1 Å². The number of aromatic nitrogens is 2. The number of likely N-dealkylation sites (tertiary alicyclic amines) is 1. The molecule has 1 saturated heterocycles. The first kappa shape index (κ1) is 24.9. The van der Waals surface area contributed by atoms with Gasteiger partial charge in [-0.25, -0.2) is 0 Å². The molecular formula is C24H28Cl2N4O3. The summed E-state index contributed by atoms with van der Waals surface area (Å²) in [5.41, 5.74) is 9.48. The minimum absolute atomic E-state index is 0. The van der Waals surface area contributed by atoms with Crippen LogP contribution in [-0.2, 0) is 4.79 Å². The Bertz CT molecular complexity index is 1090. The van der Waals surface area contributed by atoms with Gasteiger partial charge < -0.3 is 15.6 Å². The summed E-state index contributed by atoms with van der Waals surface area (Å²) < 4.78 is 5.85. The van der Waals surface area contributed by atoms with Crippen LogP contribution in [0.3, 0.4) is 0 Å². The molecule has 1 aromatic heterocycles. The SMILES string of the molecule is Cc1[nH]nc(-c2ccc(OCCN3CCC(C(N)=O)CC3)cc2O)c1-c1ccc(Cl)cc1.Cl. The number of phenols is 1. The molecule has 1 aliphatic heterocycles. The second-order valence-corrected chi connectivity index (χ2v) is 8.56. The molecule has 9 heteroatoms. The molecule has 33 heavy (non-hydrogen) atoms. The summed E-state index contributed by atoms with van der Waals surface area (Å²) >= 11 is 6.02. The number of benzene rings is 2. The molecule has 0 bridgehead atoms. The Morgan fingerprint density at radius 2 is 1.94 bits per heavy atom. The zero-order valence-corrected chi connectivity index (χ0v) is 20.0. The largest absolute Gasteiger partial charge is 0.507 e. The van der Waals surface area contributed by atoms with E-state index in [0.717, 1.165) is 49.3 Å². The fourth-order valence-corrected chi connectivity index (χ4v) is 4.25. The van der Waals surface area contributed by atoms with Crippen LogP contribution >= 0.6 is 24.0 Å². The number of hydrogen-bond acceptors (Lipinski definition) is 5. The molecule has 1 amide bonds. The Labute approximate surface area is 204 Å². The van der Waals surface area contributed by atoms with Crippen molar-refractivity contribution in [3.05, 3.63) is 53.2 Å². The monoisotopic (exact) mass is 490 g/mol. The molecule has 0 aliphatic carbocycles. The van der Waals surface area contributed by atoms with Gasteiger partial charge in [0.05, 0.1) is 0 Å². The van der Waals surface area contributed by atoms with Crippen molar-refractivity contribution < 1.29 is 14.6 Å². The number of primary amides is 1. The summed E-state index contributed by atoms with van der Waals surface area (Å²) in [5.74, 6) is 0.480. The number of nitrogens with zero attached hydrogens (tertiary/aromatic N) is 2. The first-order chi connectivity index (χ1) is 15.4. The first-order valence-electron chi connectivity index (χ1n) is 10.7. The van der Waals surface area contributed by atoms with E-state index in [-0.39, 0.29) is 30.0 Å². The van der Waals surface area contributed by atoms with Gasteiger partial charge in [-0.05, 0) is 62.7 Å². The number of H-pyrrole nitrogens is 1. The van der Waals surface area contributed by atoms with Crippen molar-refractivity contribution in [3.8, 4) is 33.9 Å². The van der Waals surface area contributed by atoms with Gasteiger partial charge in [-0.2, -0.15) is 5.10 Å². The number of aromatic amines is 1. The normalized spacial score (nSPS) is 14.6. The number of piperidine rings is 1. The predicted octanol–water partition coefficient (Wildman–Crippen LogP) is 4.41. The van der Waals surface area contributed by atoms with E-state index in [1.165, 1.54) is 0 Å². The quantitative estimate of drug-likeness (QED) is 0.454. The van der Waals surface area contributed by atoms with E-state index < -0.39 is 0 Å². The second kappa shape index (κ2) is 10.9. The van der Waals surface area contributed by atoms with E-state index in [1.54, 1.807) is 6.07 Å². The van der Waals surface area contributed by atoms with Crippen LogP contribution < -0.4 is 10.5 Å². The highest BCUT2D eigenvalue weighted by Crippen LogP contribution is 2.39. The summed E-state index contributed by atoms with van der Waals surface area (Å²) in [6, 6.07) is 12.8. The third-order valence-electron chi connectivity index (χ3n) is 5.97. The lowest BCUT2D eigenvalue weighted by Gasteiger charge is -2.30. The van der Waals surface area contributed by atoms with E-state index in [4.69, 9.17) is 22.1 Å². The summed E-state index contributed by atoms with van der Waals surface area (Å²) in [6.07, 6.45) is 1.59. The van der Waals surface area contributed by atoms with Crippen molar-refractivity contribution >= 4 is 29.9 Å². The van der Waals surface area contributed by atoms with Crippen molar-refractivity contribution in [1.29, 1.82) is 0 Å². The standard InChI is InChI=1S/C24H27ClN4O3.ClH/c1-15-22(16-2-4-18(25)5-3-16)23(28-27-15)20-7-6-19(14-21(20)30)32-13-12-29-10-8-17(9-11-29)24(26)31;/h2-7,14,17,30H,8-13H2,1H3,(H2,26,31)(H,27,28);1H. The molecule has 1 fully saturated rings. The number of nitrogens with one attached hydrogen (secondary N) is 1. The Balaban J connectivity index is 0.00000306. The van der Waals surface area contributed by atoms with Gasteiger partial charge in [-0.3, -0.25) is 14.8 Å². The number of aromatic hydroxyl groups is 1. The van der Waals surface area contributed by atoms with Gasteiger partial charge >= 0.3 is 0 Å². The summed E-state index contributed by atoms with van der Waals surface area (Å²) in [7, 11) is 0. The van der Waals surface area contributed by atoms with Gasteiger partial charge in [0, 0.05) is 40.4 Å². The number of carbonyl (C=O) groups excluding carboxylic acids is 1. The van der Waals surface area contributed by atoms with Gasteiger partial charge in [0.15, 0.2) is 0 Å². The van der Waals surface area contributed by atoms with Gasteiger partial charge in [0.1, 0.15) is 23.8 Å². The van der Waals surface area contributed by atoms with Crippen LogP contribution in [0.4, 0.5) is 0 Å². The zero-order valence-electron chi connectivity index (χ0n) is 18.4. The molecule has 0 unspecified atom stereocenters. The Morgan fingerprint density at radius 1 is 1.24 bits per heavy atom. The maximum atomic E-state index is 11.3. The van der Waals surface area contributed by atoms with E-state index in [1.807, 2.05) is 43.3 Å². The average molecular weight is 491 g/mol. The molecule has 0 spiro atoms. The molecule has 2 aromatic carbocycles. The number of halogens is 2. The number of hydrogen-bond donors (Lipinski definition) is 3. The number of nitrogens with two attached hydrogens (primary N) is 1. The number of aryl methyl sites for hydroxylation is 1. The molecule has 2 heterocycles. The highest BCUT2D eigenvalue weighted by Gasteiger charge is 2.23. The number of carbonyl (C=O) groups is 1. The third-order valence-corrected chi connectivity index (χ3v) is 6.22.